The molecule has 0 saturated heterocycles. The molecule has 0 fully saturated rings. The molecule has 0 atom stereocenters. The minimum Gasteiger partial charge on any atom is -0.496 e. The Bertz CT molecular complexity index is 2210. The van der Waals surface area contributed by atoms with Gasteiger partial charge in [-0.3, -0.25) is 9.59 Å². The highest BCUT2D eigenvalue weighted by molar-refractivity contribution is 9.13. The van der Waals surface area contributed by atoms with Crippen molar-refractivity contribution in [1.82, 2.24) is 9.66 Å². The minimum absolute atomic E-state index is 0.208. The zero-order chi connectivity index (χ0) is 32.4. The number of carbonyl (C=O) groups excluding carboxylic acids is 1. The molecular formula is C34H26Br2N4O6. The van der Waals surface area contributed by atoms with Crippen molar-refractivity contribution in [2.45, 2.75) is 6.92 Å². The summed E-state index contributed by atoms with van der Waals surface area (Å²) < 4.78 is 25.3. The van der Waals surface area contributed by atoms with E-state index in [4.69, 9.17) is 23.6 Å². The number of para-hydroxylation sites is 2. The van der Waals surface area contributed by atoms with E-state index in [1.807, 2.05) is 55.5 Å². The molecule has 10 nitrogen and oxygen atoms in total. The van der Waals surface area contributed by atoms with Gasteiger partial charge in [0, 0.05) is 15.7 Å². The summed E-state index contributed by atoms with van der Waals surface area (Å²) in [6.45, 7) is 1.65. The van der Waals surface area contributed by atoms with Crippen LogP contribution in [0.15, 0.2) is 102 Å². The normalized spacial score (nSPS) is 11.3. The first-order valence-electron chi connectivity index (χ1n) is 14.0. The van der Waals surface area contributed by atoms with E-state index in [9.17, 15) is 9.59 Å². The van der Waals surface area contributed by atoms with Crippen molar-refractivity contribution in [3.05, 3.63) is 109 Å². The average Bonchev–Trinajstić information content (AvgIpc) is 3.51. The van der Waals surface area contributed by atoms with Gasteiger partial charge in [0.25, 0.3) is 11.5 Å². The van der Waals surface area contributed by atoms with Gasteiger partial charge < -0.3 is 23.9 Å². The largest absolute Gasteiger partial charge is 0.496 e. The first-order chi connectivity index (χ1) is 22.3. The van der Waals surface area contributed by atoms with E-state index in [1.165, 1.54) is 18.0 Å². The monoisotopic (exact) mass is 744 g/mol. The van der Waals surface area contributed by atoms with Gasteiger partial charge in [-0.05, 0) is 86.8 Å². The topological polar surface area (TPSA) is 117 Å². The van der Waals surface area contributed by atoms with Crippen LogP contribution >= 0.6 is 31.9 Å². The first kappa shape index (κ1) is 31.1. The minimum atomic E-state index is -0.383. The maximum absolute atomic E-state index is 13.8. The van der Waals surface area contributed by atoms with Crippen molar-refractivity contribution in [3.63, 3.8) is 0 Å². The first-order valence-corrected chi connectivity index (χ1v) is 15.5. The molecule has 2 heterocycles. The van der Waals surface area contributed by atoms with Gasteiger partial charge in [-0.25, -0.2) is 4.98 Å². The molecule has 1 N–H and O–H groups in total. The third-order valence-electron chi connectivity index (χ3n) is 7.17. The number of fused-ring (bicyclic) bond motifs is 2. The molecular weight excluding hydrogens is 720 g/mol. The molecule has 2 aromatic heterocycles. The second kappa shape index (κ2) is 13.2. The lowest BCUT2D eigenvalue weighted by molar-refractivity contribution is -0.118. The molecule has 0 aliphatic carbocycles. The Hall–Kier alpha value is -4.94. The Morgan fingerprint density at radius 1 is 0.957 bits per heavy atom. The lowest BCUT2D eigenvalue weighted by Gasteiger charge is -2.15. The fourth-order valence-electron chi connectivity index (χ4n) is 4.85. The van der Waals surface area contributed by atoms with Crippen molar-refractivity contribution in [2.75, 3.05) is 26.1 Å². The van der Waals surface area contributed by atoms with Crippen LogP contribution < -0.4 is 25.1 Å². The van der Waals surface area contributed by atoms with E-state index in [2.05, 4.69) is 42.3 Å². The molecule has 232 valence electrons. The van der Waals surface area contributed by atoms with Crippen molar-refractivity contribution in [1.29, 1.82) is 0 Å². The molecule has 0 unspecified atom stereocenters. The number of halogens is 2. The second-order valence-corrected chi connectivity index (χ2v) is 11.7. The van der Waals surface area contributed by atoms with E-state index in [0.717, 1.165) is 10.9 Å². The maximum atomic E-state index is 13.8. The van der Waals surface area contributed by atoms with Gasteiger partial charge in [-0.15, -0.1) is 0 Å². The summed E-state index contributed by atoms with van der Waals surface area (Å²) >= 11 is 7.15. The lowest BCUT2D eigenvalue weighted by Crippen LogP contribution is -2.21. The van der Waals surface area contributed by atoms with Gasteiger partial charge in [0.2, 0.25) is 5.82 Å². The third kappa shape index (κ3) is 6.01. The number of carbonyl (C=O) groups is 1. The lowest BCUT2D eigenvalue weighted by atomic mass is 10.2. The molecule has 0 radical (unpaired) electrons. The Balaban J connectivity index is 1.36. The van der Waals surface area contributed by atoms with E-state index < -0.39 is 0 Å². The summed E-state index contributed by atoms with van der Waals surface area (Å²) in [4.78, 5) is 31.1. The molecule has 0 bridgehead atoms. The Morgan fingerprint density at radius 2 is 1.72 bits per heavy atom. The highest BCUT2D eigenvalue weighted by Crippen LogP contribution is 2.42. The number of rotatable bonds is 9. The number of nitrogens with one attached hydrogen (secondary N) is 1. The molecule has 0 spiro atoms. The maximum Gasteiger partial charge on any atom is 0.282 e. The predicted octanol–water partition coefficient (Wildman–Crippen LogP) is 7.56. The van der Waals surface area contributed by atoms with E-state index in [1.54, 1.807) is 37.4 Å². The fourth-order valence-corrected chi connectivity index (χ4v) is 5.79. The zero-order valence-electron chi connectivity index (χ0n) is 24.8. The van der Waals surface area contributed by atoms with Gasteiger partial charge in [0.15, 0.2) is 23.9 Å². The number of hydrogen-bond donors (Lipinski definition) is 1. The molecule has 1 amide bonds. The zero-order valence-corrected chi connectivity index (χ0v) is 28.0. The van der Waals surface area contributed by atoms with Gasteiger partial charge in [-0.1, -0.05) is 36.4 Å². The number of ether oxygens (including phenoxy) is 3. The van der Waals surface area contributed by atoms with Gasteiger partial charge in [0.1, 0.15) is 11.3 Å². The molecule has 0 aliphatic heterocycles. The van der Waals surface area contributed by atoms with Crippen LogP contribution in [0.2, 0.25) is 0 Å². The van der Waals surface area contributed by atoms with Crippen LogP contribution in [0.25, 0.3) is 33.5 Å². The van der Waals surface area contributed by atoms with Crippen LogP contribution in [0.1, 0.15) is 11.1 Å². The molecule has 6 rings (SSSR count). The Morgan fingerprint density at radius 3 is 2.50 bits per heavy atom. The number of furan rings is 1. The third-order valence-corrected chi connectivity index (χ3v) is 9.31. The standard InChI is InChI=1S/C34H26Br2N4O6/c1-19-9-4-6-11-23(19)38-29(41)18-45-32-27(44-3)15-20(30(35)31(32)36)17-37-40-33(39-24-12-7-5-10-21(24)34(40)42)28-16-22-25(43-2)13-8-14-26(22)46-28/h4-17H,18H2,1-3H3,(H,38,41). The van der Waals surface area contributed by atoms with Crippen LogP contribution in [0.5, 0.6) is 17.2 Å². The summed E-state index contributed by atoms with van der Waals surface area (Å²) in [6.07, 6.45) is 1.50. The summed E-state index contributed by atoms with van der Waals surface area (Å²) in [5.41, 5.74) is 2.88. The summed E-state index contributed by atoms with van der Waals surface area (Å²) in [5.74, 6) is 1.50. The number of methoxy groups -OCH3 is 2. The highest BCUT2D eigenvalue weighted by atomic mass is 79.9. The van der Waals surface area contributed by atoms with Crippen LogP contribution in [0, 0.1) is 6.92 Å². The van der Waals surface area contributed by atoms with E-state index >= 15 is 0 Å². The smallest absolute Gasteiger partial charge is 0.282 e. The van der Waals surface area contributed by atoms with Gasteiger partial charge in [0.05, 0.1) is 41.2 Å². The summed E-state index contributed by atoms with van der Waals surface area (Å²) in [7, 11) is 3.07. The molecule has 6 aromatic rings. The van der Waals surface area contributed by atoms with Crippen LogP contribution in [-0.4, -0.2) is 42.6 Å². The summed E-state index contributed by atoms with van der Waals surface area (Å²) in [6, 6.07) is 23.4. The van der Waals surface area contributed by atoms with Gasteiger partial charge in [-0.2, -0.15) is 9.78 Å². The number of aromatic nitrogens is 2. The van der Waals surface area contributed by atoms with Gasteiger partial charge >= 0.3 is 0 Å². The van der Waals surface area contributed by atoms with Crippen LogP contribution in [0.4, 0.5) is 5.69 Å². The quantitative estimate of drug-likeness (QED) is 0.152. The average molecular weight is 746 g/mol. The Labute approximate surface area is 279 Å². The number of nitrogens with zero attached hydrogens (tertiary/aromatic N) is 3. The molecule has 0 aliphatic rings. The number of benzene rings is 4. The van der Waals surface area contributed by atoms with E-state index in [-0.39, 0.29) is 23.9 Å². The Kier molecular flexibility index (Phi) is 8.91. The highest BCUT2D eigenvalue weighted by Gasteiger charge is 2.20. The summed E-state index contributed by atoms with van der Waals surface area (Å²) in [5, 5.41) is 8.54. The van der Waals surface area contributed by atoms with Crippen molar-refractivity contribution in [3.8, 4) is 28.8 Å². The molecule has 46 heavy (non-hydrogen) atoms. The number of anilines is 1. The SMILES string of the molecule is COc1cc(C=Nn2c(-c3cc4c(OC)cccc4o3)nc3ccccc3c2=O)c(Br)c(Br)c1OCC(=O)Nc1ccccc1C. The number of hydrogen-bond acceptors (Lipinski definition) is 8. The second-order valence-electron chi connectivity index (χ2n) is 10.1. The fraction of sp³-hybridized carbons (Fsp3) is 0.118. The van der Waals surface area contributed by atoms with Crippen molar-refractivity contribution < 1.29 is 23.4 Å². The van der Waals surface area contributed by atoms with E-state index in [0.29, 0.717) is 59.7 Å². The van der Waals surface area contributed by atoms with Crippen LogP contribution in [-0.2, 0) is 4.79 Å². The number of aryl methyl sites for hydroxylation is 1. The van der Waals surface area contributed by atoms with Crippen molar-refractivity contribution >= 4 is 71.5 Å². The number of amides is 1. The van der Waals surface area contributed by atoms with Crippen molar-refractivity contribution in [2.24, 2.45) is 5.10 Å². The van der Waals surface area contributed by atoms with Crippen LogP contribution in [0.3, 0.4) is 0 Å². The predicted molar refractivity (Wildman–Crippen MR) is 184 cm³/mol. The molecule has 12 heteroatoms. The molecule has 0 saturated carbocycles. The molecule has 4 aromatic carbocycles.